The average molecular weight is 361 g/mol. The van der Waals surface area contributed by atoms with E-state index in [1.54, 1.807) is 55.8 Å². The molecule has 0 saturated carbocycles. The molecule has 0 radical (unpaired) electrons. The van der Waals surface area contributed by atoms with Gasteiger partial charge < -0.3 is 4.18 Å². The lowest BCUT2D eigenvalue weighted by molar-refractivity contribution is 0.486. The highest BCUT2D eigenvalue weighted by Gasteiger charge is 2.18. The fourth-order valence-electron chi connectivity index (χ4n) is 1.80. The summed E-state index contributed by atoms with van der Waals surface area (Å²) in [7, 11) is -3.97. The standard InChI is InChI=1S/C16H15N3O3S2/c1-12-8-9-14(10-15(12)19-16(23-2)18-11-17)24(20,21)22-13-6-4-3-5-7-13/h3-10H,1-2H3,(H,18,19). The lowest BCUT2D eigenvalue weighted by Crippen LogP contribution is -2.13. The summed E-state index contributed by atoms with van der Waals surface area (Å²) < 4.78 is 29.9. The normalized spacial score (nSPS) is 11.6. The van der Waals surface area contributed by atoms with Crippen molar-refractivity contribution < 1.29 is 12.6 Å². The van der Waals surface area contributed by atoms with Crippen molar-refractivity contribution in [3.8, 4) is 11.9 Å². The van der Waals surface area contributed by atoms with Crippen molar-refractivity contribution in [2.45, 2.75) is 11.8 Å². The number of nitriles is 1. The molecule has 1 N–H and O–H groups in total. The van der Waals surface area contributed by atoms with Crippen LogP contribution < -0.4 is 9.50 Å². The Bertz CT molecular complexity index is 889. The maximum Gasteiger partial charge on any atom is 0.339 e. The molecule has 0 unspecified atom stereocenters. The van der Waals surface area contributed by atoms with Gasteiger partial charge in [0.1, 0.15) is 10.6 Å². The zero-order valence-corrected chi connectivity index (χ0v) is 14.7. The lowest BCUT2D eigenvalue weighted by Gasteiger charge is -2.09. The molecule has 0 saturated heterocycles. The molecular weight excluding hydrogens is 346 g/mol. The topological polar surface area (TPSA) is 91.6 Å². The average Bonchev–Trinajstić information content (AvgIpc) is 2.56. The third-order valence-electron chi connectivity index (χ3n) is 3.00. The van der Waals surface area contributed by atoms with Gasteiger partial charge in [-0.05, 0) is 43.0 Å². The first-order valence-electron chi connectivity index (χ1n) is 6.84. The number of aliphatic imine (C=N–C) groups is 1. The van der Waals surface area contributed by atoms with E-state index in [4.69, 9.17) is 9.44 Å². The predicted molar refractivity (Wildman–Crippen MR) is 94.8 cm³/mol. The van der Waals surface area contributed by atoms with Crippen LogP contribution in [0, 0.1) is 18.4 Å². The molecule has 2 rings (SSSR count). The van der Waals surface area contributed by atoms with Crippen LogP contribution in [-0.2, 0) is 10.1 Å². The summed E-state index contributed by atoms with van der Waals surface area (Å²) in [4.78, 5) is 4.27. The second kappa shape index (κ2) is 7.86. The maximum absolute atomic E-state index is 12.4. The van der Waals surface area contributed by atoms with Crippen molar-refractivity contribution in [3.05, 3.63) is 54.1 Å². The Morgan fingerprint density at radius 3 is 2.58 bits per heavy atom. The van der Waals surface area contributed by atoms with Crippen molar-refractivity contribution in [1.82, 2.24) is 5.32 Å². The third-order valence-corrected chi connectivity index (χ3v) is 4.82. The summed E-state index contributed by atoms with van der Waals surface area (Å²) in [6, 6.07) is 12.8. The smallest absolute Gasteiger partial charge is 0.339 e. The molecule has 24 heavy (non-hydrogen) atoms. The molecule has 0 aliphatic rings. The summed E-state index contributed by atoms with van der Waals surface area (Å²) in [5, 5.41) is 11.5. The number of hydrogen-bond acceptors (Lipinski definition) is 6. The number of benzene rings is 2. The maximum atomic E-state index is 12.4. The fourth-order valence-corrected chi connectivity index (χ4v) is 3.09. The number of thioether (sulfide) groups is 1. The first kappa shape index (κ1) is 17.8. The largest absolute Gasteiger partial charge is 0.379 e. The molecule has 0 aliphatic heterocycles. The monoisotopic (exact) mass is 361 g/mol. The zero-order chi connectivity index (χ0) is 17.6. The minimum Gasteiger partial charge on any atom is -0.379 e. The summed E-state index contributed by atoms with van der Waals surface area (Å²) in [5.41, 5.74) is 1.22. The van der Waals surface area contributed by atoms with Gasteiger partial charge in [0.15, 0.2) is 11.4 Å². The Labute approximate surface area is 145 Å². The minimum absolute atomic E-state index is 0.00638. The summed E-state index contributed by atoms with van der Waals surface area (Å²) >= 11 is 1.25. The van der Waals surface area contributed by atoms with E-state index in [1.807, 2.05) is 0 Å². The zero-order valence-electron chi connectivity index (χ0n) is 13.1. The van der Waals surface area contributed by atoms with Crippen molar-refractivity contribution in [2.24, 2.45) is 4.99 Å². The highest BCUT2D eigenvalue weighted by molar-refractivity contribution is 8.13. The van der Waals surface area contributed by atoms with Gasteiger partial charge in [-0.3, -0.25) is 5.32 Å². The molecule has 2 aromatic carbocycles. The first-order chi connectivity index (χ1) is 11.5. The minimum atomic E-state index is -3.97. The number of para-hydroxylation sites is 1. The SMILES string of the molecule is CSC(=Nc1cc(S(=O)(=O)Oc2ccccc2)ccc1C)NC#N. The van der Waals surface area contributed by atoms with Crippen LogP contribution in [0.1, 0.15) is 5.56 Å². The van der Waals surface area contributed by atoms with E-state index >= 15 is 0 Å². The lowest BCUT2D eigenvalue weighted by atomic mass is 10.2. The Kier molecular flexibility index (Phi) is 5.84. The van der Waals surface area contributed by atoms with Crippen molar-refractivity contribution in [2.75, 3.05) is 6.26 Å². The van der Waals surface area contributed by atoms with E-state index in [-0.39, 0.29) is 10.6 Å². The molecule has 124 valence electrons. The van der Waals surface area contributed by atoms with Crippen LogP contribution in [0.2, 0.25) is 0 Å². The highest BCUT2D eigenvalue weighted by Crippen LogP contribution is 2.26. The molecule has 8 heteroatoms. The quantitative estimate of drug-likeness (QED) is 0.296. The van der Waals surface area contributed by atoms with Gasteiger partial charge in [-0.15, -0.1) is 0 Å². The number of nitrogens with one attached hydrogen (secondary N) is 1. The Morgan fingerprint density at radius 2 is 1.96 bits per heavy atom. The third kappa shape index (κ3) is 4.50. The van der Waals surface area contributed by atoms with Crippen LogP contribution in [0.5, 0.6) is 5.75 Å². The molecular formula is C16H15N3O3S2. The van der Waals surface area contributed by atoms with Gasteiger partial charge in [0.2, 0.25) is 0 Å². The summed E-state index contributed by atoms with van der Waals surface area (Å²) in [6.45, 7) is 1.80. The van der Waals surface area contributed by atoms with Gasteiger partial charge in [-0.25, -0.2) is 4.99 Å². The number of rotatable bonds is 4. The second-order valence-electron chi connectivity index (χ2n) is 4.66. The van der Waals surface area contributed by atoms with Crippen LogP contribution in [0.4, 0.5) is 5.69 Å². The number of nitrogens with zero attached hydrogens (tertiary/aromatic N) is 2. The number of amidine groups is 1. The molecule has 0 bridgehead atoms. The van der Waals surface area contributed by atoms with Gasteiger partial charge in [-0.1, -0.05) is 36.0 Å². The molecule has 0 aromatic heterocycles. The molecule has 0 fully saturated rings. The van der Waals surface area contributed by atoms with Gasteiger partial charge in [0.05, 0.1) is 5.69 Å². The molecule has 6 nitrogen and oxygen atoms in total. The molecule has 0 atom stereocenters. The summed E-state index contributed by atoms with van der Waals surface area (Å²) in [5.74, 6) is 0.235. The van der Waals surface area contributed by atoms with Crippen LogP contribution in [0.15, 0.2) is 58.4 Å². The van der Waals surface area contributed by atoms with E-state index in [2.05, 4.69) is 10.3 Å². The summed E-state index contributed by atoms with van der Waals surface area (Å²) in [6.07, 6.45) is 3.55. The van der Waals surface area contributed by atoms with Crippen LogP contribution in [0.3, 0.4) is 0 Å². The highest BCUT2D eigenvalue weighted by atomic mass is 32.2. The van der Waals surface area contributed by atoms with Crippen LogP contribution >= 0.6 is 11.8 Å². The molecule has 0 amide bonds. The van der Waals surface area contributed by atoms with E-state index in [0.717, 1.165) is 5.56 Å². The van der Waals surface area contributed by atoms with E-state index in [1.165, 1.54) is 23.9 Å². The van der Waals surface area contributed by atoms with Crippen molar-refractivity contribution >= 4 is 32.7 Å². The Hall–Kier alpha value is -2.50. The first-order valence-corrected chi connectivity index (χ1v) is 9.47. The molecule has 0 heterocycles. The number of aryl methyl sites for hydroxylation is 1. The van der Waals surface area contributed by atoms with Crippen molar-refractivity contribution in [1.29, 1.82) is 5.26 Å². The van der Waals surface area contributed by atoms with Gasteiger partial charge in [-0.2, -0.15) is 13.7 Å². The number of hydrogen-bond donors (Lipinski definition) is 1. The van der Waals surface area contributed by atoms with Gasteiger partial charge >= 0.3 is 10.1 Å². The Balaban J connectivity index is 2.38. The van der Waals surface area contributed by atoms with Crippen molar-refractivity contribution in [3.63, 3.8) is 0 Å². The Morgan fingerprint density at radius 1 is 1.25 bits per heavy atom. The fraction of sp³-hybridized carbons (Fsp3) is 0.125. The molecule has 0 aliphatic carbocycles. The van der Waals surface area contributed by atoms with E-state index < -0.39 is 10.1 Å². The van der Waals surface area contributed by atoms with Crippen LogP contribution in [-0.4, -0.2) is 19.8 Å². The predicted octanol–water partition coefficient (Wildman–Crippen LogP) is 3.18. The van der Waals surface area contributed by atoms with E-state index in [0.29, 0.717) is 10.9 Å². The van der Waals surface area contributed by atoms with E-state index in [9.17, 15) is 8.42 Å². The van der Waals surface area contributed by atoms with Crippen LogP contribution in [0.25, 0.3) is 0 Å². The second-order valence-corrected chi connectivity index (χ2v) is 7.00. The van der Waals surface area contributed by atoms with Gasteiger partial charge in [0, 0.05) is 0 Å². The molecule has 2 aromatic rings. The van der Waals surface area contributed by atoms with Gasteiger partial charge in [0.25, 0.3) is 0 Å². The molecule has 0 spiro atoms.